The van der Waals surface area contributed by atoms with Gasteiger partial charge in [0.1, 0.15) is 5.75 Å². The summed E-state index contributed by atoms with van der Waals surface area (Å²) in [6, 6.07) is 15.1. The first-order valence-electron chi connectivity index (χ1n) is 10.9. The fraction of sp³-hybridized carbons (Fsp3) is 0.308. The van der Waals surface area contributed by atoms with Crippen molar-refractivity contribution >= 4 is 43.9 Å². The number of ketones is 1. The van der Waals surface area contributed by atoms with Crippen LogP contribution in [0.1, 0.15) is 32.8 Å². The highest BCUT2D eigenvalue weighted by atomic mass is 32.2. The quantitative estimate of drug-likeness (QED) is 0.543. The number of sulfonamides is 1. The summed E-state index contributed by atoms with van der Waals surface area (Å²) in [5, 5.41) is 1.80. The molecular weight excluding hydrogens is 452 g/mol. The lowest BCUT2D eigenvalue weighted by atomic mass is 9.83. The average Bonchev–Trinajstić information content (AvgIpc) is 3.08. The molecule has 178 valence electrons. The van der Waals surface area contributed by atoms with Crippen molar-refractivity contribution < 1.29 is 22.7 Å². The molecule has 4 rings (SSSR count). The third-order valence-electron chi connectivity index (χ3n) is 5.84. The number of fused-ring (bicyclic) bond motifs is 1. The molecule has 34 heavy (non-hydrogen) atoms. The van der Waals surface area contributed by atoms with Crippen molar-refractivity contribution in [2.24, 2.45) is 0 Å². The molecule has 0 spiro atoms. The lowest BCUT2D eigenvalue weighted by molar-refractivity contribution is -0.121. The molecule has 1 heterocycles. The Morgan fingerprint density at radius 3 is 2.24 bits per heavy atom. The number of benzene rings is 3. The molecule has 0 unspecified atom stereocenters. The number of hydrogen-bond donors (Lipinski definition) is 1. The number of methoxy groups -OCH3 is 1. The highest BCUT2D eigenvalue weighted by Gasteiger charge is 2.31. The van der Waals surface area contributed by atoms with E-state index in [9.17, 15) is 18.0 Å². The maximum absolute atomic E-state index is 12.5. The van der Waals surface area contributed by atoms with Gasteiger partial charge in [0.15, 0.2) is 5.78 Å². The molecule has 0 aromatic heterocycles. The van der Waals surface area contributed by atoms with Crippen molar-refractivity contribution in [1.29, 1.82) is 0 Å². The molecule has 0 bridgehead atoms. The minimum absolute atomic E-state index is 0.0714. The summed E-state index contributed by atoms with van der Waals surface area (Å²) in [5.41, 5.74) is 3.53. The number of anilines is 2. The molecule has 1 aliphatic rings. The van der Waals surface area contributed by atoms with Crippen molar-refractivity contribution in [3.05, 3.63) is 54.1 Å². The highest BCUT2D eigenvalue weighted by molar-refractivity contribution is 7.92. The predicted octanol–water partition coefficient (Wildman–Crippen LogP) is 4.49. The van der Waals surface area contributed by atoms with Gasteiger partial charge < -0.3 is 9.64 Å². The molecule has 1 saturated heterocycles. The van der Waals surface area contributed by atoms with Gasteiger partial charge in [0.2, 0.25) is 15.9 Å². The molecule has 8 heteroatoms. The second-order valence-electron chi connectivity index (χ2n) is 9.67. The molecule has 3 aromatic carbocycles. The Bertz CT molecular complexity index is 1420. The van der Waals surface area contributed by atoms with E-state index in [1.54, 1.807) is 19.2 Å². The van der Waals surface area contributed by atoms with E-state index in [0.717, 1.165) is 33.7 Å². The van der Waals surface area contributed by atoms with Crippen LogP contribution < -0.4 is 14.4 Å². The molecule has 1 amide bonds. The third-order valence-corrected chi connectivity index (χ3v) is 6.44. The smallest absolute Gasteiger partial charge is 0.234 e. The molecule has 0 saturated carbocycles. The fourth-order valence-electron chi connectivity index (χ4n) is 4.27. The number of carbonyl (C=O) groups excluding carboxylic acids is 2. The Labute approximate surface area is 199 Å². The van der Waals surface area contributed by atoms with Crippen molar-refractivity contribution in [3.63, 3.8) is 0 Å². The van der Waals surface area contributed by atoms with Crippen LogP contribution in [0.15, 0.2) is 48.5 Å². The number of carbonyl (C=O) groups is 2. The Kier molecular flexibility index (Phi) is 5.89. The zero-order valence-electron chi connectivity index (χ0n) is 19.9. The van der Waals surface area contributed by atoms with Crippen LogP contribution in [0.4, 0.5) is 11.4 Å². The first kappa shape index (κ1) is 23.8. The first-order valence-corrected chi connectivity index (χ1v) is 12.8. The summed E-state index contributed by atoms with van der Waals surface area (Å²) >= 11 is 0. The number of Topliss-reactive ketones (excluding diaryl/α,β-unsaturated/α-hetero) is 1. The van der Waals surface area contributed by atoms with Crippen LogP contribution >= 0.6 is 0 Å². The van der Waals surface area contributed by atoms with Gasteiger partial charge in [0, 0.05) is 22.5 Å². The number of ether oxygens (including phenoxy) is 1. The maximum Gasteiger partial charge on any atom is 0.234 e. The van der Waals surface area contributed by atoms with Crippen molar-refractivity contribution in [2.75, 3.05) is 29.5 Å². The topological polar surface area (TPSA) is 92.8 Å². The number of amides is 1. The molecule has 0 atom stereocenters. The molecule has 7 nitrogen and oxygen atoms in total. The normalized spacial score (nSPS) is 14.7. The van der Waals surface area contributed by atoms with E-state index in [0.29, 0.717) is 17.1 Å². The highest BCUT2D eigenvalue weighted by Crippen LogP contribution is 2.43. The van der Waals surface area contributed by atoms with E-state index in [-0.39, 0.29) is 30.1 Å². The second-order valence-corrected chi connectivity index (χ2v) is 11.4. The maximum atomic E-state index is 12.5. The summed E-state index contributed by atoms with van der Waals surface area (Å²) in [7, 11) is -1.74. The summed E-state index contributed by atoms with van der Waals surface area (Å²) in [6.45, 7) is 6.30. The largest absolute Gasteiger partial charge is 0.496 e. The predicted molar refractivity (Wildman–Crippen MR) is 135 cm³/mol. The summed E-state index contributed by atoms with van der Waals surface area (Å²) in [5.74, 6) is 0.415. The van der Waals surface area contributed by atoms with Gasteiger partial charge in [-0.05, 0) is 52.1 Å². The Balaban J connectivity index is 1.88. The zero-order chi connectivity index (χ0) is 24.8. The molecule has 1 aliphatic heterocycles. The van der Waals surface area contributed by atoms with E-state index in [1.165, 1.54) is 4.90 Å². The SMILES string of the molecule is COc1c(-c2ccc3cc(NS(C)(=O)=O)ccc3c2)cc(N2CC(=O)CC2=O)cc1C(C)(C)C. The van der Waals surface area contributed by atoms with Crippen LogP contribution in [0.2, 0.25) is 0 Å². The first-order chi connectivity index (χ1) is 15.9. The van der Waals surface area contributed by atoms with Crippen LogP contribution in [0.25, 0.3) is 21.9 Å². The second kappa shape index (κ2) is 8.43. The average molecular weight is 481 g/mol. The van der Waals surface area contributed by atoms with Gasteiger partial charge in [-0.3, -0.25) is 14.3 Å². The lowest BCUT2D eigenvalue weighted by Gasteiger charge is -2.27. The number of nitrogens with one attached hydrogen (secondary N) is 1. The lowest BCUT2D eigenvalue weighted by Crippen LogP contribution is -2.25. The van der Waals surface area contributed by atoms with Gasteiger partial charge in [-0.1, -0.05) is 39.0 Å². The Hall–Kier alpha value is -3.39. The number of hydrogen-bond acceptors (Lipinski definition) is 5. The van der Waals surface area contributed by atoms with Gasteiger partial charge in [0.25, 0.3) is 0 Å². The summed E-state index contributed by atoms with van der Waals surface area (Å²) < 4.78 is 31.5. The van der Waals surface area contributed by atoms with Gasteiger partial charge in [-0.2, -0.15) is 0 Å². The molecular formula is C26H28N2O5S. The van der Waals surface area contributed by atoms with Gasteiger partial charge >= 0.3 is 0 Å². The Morgan fingerprint density at radius 1 is 0.971 bits per heavy atom. The van der Waals surface area contributed by atoms with E-state index in [4.69, 9.17) is 4.74 Å². The molecule has 1 fully saturated rings. The molecule has 0 radical (unpaired) electrons. The van der Waals surface area contributed by atoms with E-state index < -0.39 is 10.0 Å². The summed E-state index contributed by atoms with van der Waals surface area (Å²) in [4.78, 5) is 25.9. The van der Waals surface area contributed by atoms with Crippen LogP contribution in [0.3, 0.4) is 0 Å². The van der Waals surface area contributed by atoms with E-state index in [1.807, 2.05) is 36.4 Å². The van der Waals surface area contributed by atoms with Gasteiger partial charge in [-0.15, -0.1) is 0 Å². The van der Waals surface area contributed by atoms with Crippen molar-refractivity contribution in [3.8, 4) is 16.9 Å². The van der Waals surface area contributed by atoms with Gasteiger partial charge in [0.05, 0.1) is 26.3 Å². The Morgan fingerprint density at radius 2 is 1.65 bits per heavy atom. The zero-order valence-corrected chi connectivity index (χ0v) is 20.7. The number of nitrogens with zero attached hydrogens (tertiary/aromatic N) is 1. The van der Waals surface area contributed by atoms with Crippen LogP contribution in [0.5, 0.6) is 5.75 Å². The molecule has 0 aliphatic carbocycles. The third kappa shape index (κ3) is 4.77. The van der Waals surface area contributed by atoms with Crippen LogP contribution in [-0.2, 0) is 25.0 Å². The fourth-order valence-corrected chi connectivity index (χ4v) is 4.83. The van der Waals surface area contributed by atoms with Crippen LogP contribution in [0, 0.1) is 0 Å². The minimum Gasteiger partial charge on any atom is -0.496 e. The monoisotopic (exact) mass is 480 g/mol. The summed E-state index contributed by atoms with van der Waals surface area (Å²) in [6.07, 6.45) is 1.04. The van der Waals surface area contributed by atoms with Gasteiger partial charge in [-0.25, -0.2) is 8.42 Å². The van der Waals surface area contributed by atoms with Crippen LogP contribution in [-0.4, -0.2) is 40.0 Å². The number of rotatable bonds is 5. The minimum atomic E-state index is -3.37. The molecule has 3 aromatic rings. The van der Waals surface area contributed by atoms with E-state index in [2.05, 4.69) is 25.5 Å². The molecule has 1 N–H and O–H groups in total. The van der Waals surface area contributed by atoms with Crippen molar-refractivity contribution in [1.82, 2.24) is 0 Å². The standard InChI is InChI=1S/C26H28N2O5S/c1-26(2,3)23-13-20(28-15-21(29)14-24(28)30)12-22(25(23)33-4)18-7-6-17-11-19(27-34(5,31)32)9-8-16(17)10-18/h6-13,27H,14-15H2,1-5H3. The van der Waals surface area contributed by atoms with Crippen molar-refractivity contribution in [2.45, 2.75) is 32.6 Å². The van der Waals surface area contributed by atoms with E-state index >= 15 is 0 Å².